The summed E-state index contributed by atoms with van der Waals surface area (Å²) in [6, 6.07) is 11.3. The molecule has 0 unspecified atom stereocenters. The number of anilines is 2. The van der Waals surface area contributed by atoms with Crippen LogP contribution in [-0.4, -0.2) is 18.5 Å². The molecule has 2 aromatic carbocycles. The fraction of sp³-hybridized carbons (Fsp3) is 0.200. The molecule has 0 aromatic heterocycles. The first-order valence-corrected chi connectivity index (χ1v) is 6.55. The molecule has 0 atom stereocenters. The van der Waals surface area contributed by atoms with Crippen molar-refractivity contribution in [3.8, 4) is 0 Å². The number of benzene rings is 2. The molecule has 5 nitrogen and oxygen atoms in total. The van der Waals surface area contributed by atoms with Crippen LogP contribution in [0.15, 0.2) is 42.5 Å². The Balaban J connectivity index is 2.06. The smallest absolute Gasteiger partial charge is 0.315 e. The number of nitrogens with one attached hydrogen (secondary N) is 2. The lowest BCUT2D eigenvalue weighted by molar-refractivity contribution is -0.383. The van der Waals surface area contributed by atoms with Gasteiger partial charge in [0.15, 0.2) is 0 Å². The fourth-order valence-corrected chi connectivity index (χ4v) is 2.08. The van der Waals surface area contributed by atoms with Gasteiger partial charge < -0.3 is 10.6 Å². The van der Waals surface area contributed by atoms with Crippen LogP contribution in [0.4, 0.5) is 21.5 Å². The minimum absolute atomic E-state index is 0.0270. The van der Waals surface area contributed by atoms with Gasteiger partial charge in [0.2, 0.25) is 0 Å². The standard InChI is InChI=1S/C15H16FN3O2/c1-17-13-3-2-4-14(15(13)19(20)21)18-10-9-11-5-7-12(16)8-6-11/h2-8,17-18H,9-10H2,1H3. The van der Waals surface area contributed by atoms with Crippen LogP contribution in [0.3, 0.4) is 0 Å². The van der Waals surface area contributed by atoms with Crippen LogP contribution in [0.5, 0.6) is 0 Å². The van der Waals surface area contributed by atoms with Crippen LogP contribution in [0.2, 0.25) is 0 Å². The molecule has 0 heterocycles. The molecule has 0 saturated carbocycles. The van der Waals surface area contributed by atoms with E-state index in [1.54, 1.807) is 37.4 Å². The molecule has 2 rings (SSSR count). The van der Waals surface area contributed by atoms with Crippen LogP contribution < -0.4 is 10.6 Å². The van der Waals surface area contributed by atoms with E-state index in [-0.39, 0.29) is 11.5 Å². The van der Waals surface area contributed by atoms with Crippen molar-refractivity contribution in [1.82, 2.24) is 0 Å². The highest BCUT2D eigenvalue weighted by Crippen LogP contribution is 2.32. The van der Waals surface area contributed by atoms with Gasteiger partial charge in [0.1, 0.15) is 17.2 Å². The van der Waals surface area contributed by atoms with E-state index in [2.05, 4.69) is 10.6 Å². The molecule has 0 aliphatic rings. The van der Waals surface area contributed by atoms with Crippen molar-refractivity contribution in [3.63, 3.8) is 0 Å². The zero-order chi connectivity index (χ0) is 15.2. The summed E-state index contributed by atoms with van der Waals surface area (Å²) < 4.78 is 12.8. The van der Waals surface area contributed by atoms with Crippen LogP contribution in [0.25, 0.3) is 0 Å². The zero-order valence-electron chi connectivity index (χ0n) is 11.6. The lowest BCUT2D eigenvalue weighted by Crippen LogP contribution is -2.08. The Labute approximate surface area is 122 Å². The average Bonchev–Trinajstić information content (AvgIpc) is 2.48. The number of nitro groups is 1. The molecule has 0 bridgehead atoms. The first kappa shape index (κ1) is 14.8. The predicted molar refractivity (Wildman–Crippen MR) is 81.2 cm³/mol. The van der Waals surface area contributed by atoms with E-state index in [0.717, 1.165) is 5.56 Å². The lowest BCUT2D eigenvalue weighted by atomic mass is 10.1. The highest BCUT2D eigenvalue weighted by molar-refractivity contribution is 5.76. The van der Waals surface area contributed by atoms with Gasteiger partial charge in [-0.15, -0.1) is 0 Å². The van der Waals surface area contributed by atoms with Gasteiger partial charge in [-0.3, -0.25) is 10.1 Å². The Morgan fingerprint density at radius 3 is 2.43 bits per heavy atom. The molecule has 0 spiro atoms. The number of hydrogen-bond acceptors (Lipinski definition) is 4. The van der Waals surface area contributed by atoms with Gasteiger partial charge in [0.05, 0.1) is 4.92 Å². The van der Waals surface area contributed by atoms with Crippen molar-refractivity contribution in [2.45, 2.75) is 6.42 Å². The second kappa shape index (κ2) is 6.69. The van der Waals surface area contributed by atoms with Gasteiger partial charge >= 0.3 is 5.69 Å². The normalized spacial score (nSPS) is 10.2. The maximum atomic E-state index is 12.8. The number of halogens is 1. The molecule has 2 N–H and O–H groups in total. The maximum Gasteiger partial charge on any atom is 0.315 e. The number of para-hydroxylation sites is 1. The second-order valence-corrected chi connectivity index (χ2v) is 4.51. The SMILES string of the molecule is CNc1cccc(NCCc2ccc(F)cc2)c1[N+](=O)[O-]. The molecule has 110 valence electrons. The third-order valence-electron chi connectivity index (χ3n) is 3.13. The van der Waals surface area contributed by atoms with Crippen LogP contribution in [0, 0.1) is 15.9 Å². The van der Waals surface area contributed by atoms with E-state index in [0.29, 0.717) is 24.3 Å². The molecular weight excluding hydrogens is 273 g/mol. The summed E-state index contributed by atoms with van der Waals surface area (Å²) in [5, 5.41) is 17.0. The van der Waals surface area contributed by atoms with Gasteiger partial charge in [0, 0.05) is 13.6 Å². The number of rotatable bonds is 6. The van der Waals surface area contributed by atoms with Crippen LogP contribution in [-0.2, 0) is 6.42 Å². The highest BCUT2D eigenvalue weighted by atomic mass is 19.1. The van der Waals surface area contributed by atoms with Crippen molar-refractivity contribution in [2.24, 2.45) is 0 Å². The van der Waals surface area contributed by atoms with Crippen molar-refractivity contribution in [1.29, 1.82) is 0 Å². The molecule has 21 heavy (non-hydrogen) atoms. The quantitative estimate of drug-likeness (QED) is 0.631. The third-order valence-corrected chi connectivity index (χ3v) is 3.13. The number of nitrogens with zero attached hydrogens (tertiary/aromatic N) is 1. The van der Waals surface area contributed by atoms with Crippen molar-refractivity contribution >= 4 is 17.1 Å². The molecule has 0 amide bonds. The number of nitro benzene ring substituents is 1. The van der Waals surface area contributed by atoms with E-state index in [1.807, 2.05) is 0 Å². The van der Waals surface area contributed by atoms with Gasteiger partial charge in [-0.05, 0) is 36.2 Å². The maximum absolute atomic E-state index is 12.8. The molecule has 0 radical (unpaired) electrons. The van der Waals surface area contributed by atoms with Gasteiger partial charge in [-0.25, -0.2) is 4.39 Å². The summed E-state index contributed by atoms with van der Waals surface area (Å²) in [4.78, 5) is 10.7. The number of hydrogen-bond donors (Lipinski definition) is 2. The molecular formula is C15H16FN3O2. The minimum Gasteiger partial charge on any atom is -0.382 e. The minimum atomic E-state index is -0.411. The summed E-state index contributed by atoms with van der Waals surface area (Å²) >= 11 is 0. The van der Waals surface area contributed by atoms with Crippen LogP contribution >= 0.6 is 0 Å². The largest absolute Gasteiger partial charge is 0.382 e. The van der Waals surface area contributed by atoms with E-state index in [1.165, 1.54) is 12.1 Å². The summed E-state index contributed by atoms with van der Waals surface area (Å²) in [5.74, 6) is -0.274. The summed E-state index contributed by atoms with van der Waals surface area (Å²) in [6.07, 6.45) is 0.654. The molecule has 0 fully saturated rings. The second-order valence-electron chi connectivity index (χ2n) is 4.51. The average molecular weight is 289 g/mol. The molecule has 0 aliphatic carbocycles. The predicted octanol–water partition coefficient (Wildman–Crippen LogP) is 3.43. The molecule has 6 heteroatoms. The van der Waals surface area contributed by atoms with Crippen molar-refractivity contribution in [3.05, 3.63) is 64.0 Å². The zero-order valence-corrected chi connectivity index (χ0v) is 11.6. The highest BCUT2D eigenvalue weighted by Gasteiger charge is 2.18. The first-order chi connectivity index (χ1) is 10.1. The fourth-order valence-electron chi connectivity index (χ4n) is 2.08. The van der Waals surface area contributed by atoms with Crippen LogP contribution in [0.1, 0.15) is 5.56 Å². The van der Waals surface area contributed by atoms with Gasteiger partial charge in [-0.1, -0.05) is 18.2 Å². The first-order valence-electron chi connectivity index (χ1n) is 6.55. The van der Waals surface area contributed by atoms with Crippen molar-refractivity contribution < 1.29 is 9.31 Å². The summed E-state index contributed by atoms with van der Waals surface area (Å²) in [7, 11) is 1.64. The Bertz CT molecular complexity index is 629. The van der Waals surface area contributed by atoms with Gasteiger partial charge in [0.25, 0.3) is 0 Å². The summed E-state index contributed by atoms with van der Waals surface area (Å²) in [6.45, 7) is 0.527. The van der Waals surface area contributed by atoms with Crippen molar-refractivity contribution in [2.75, 3.05) is 24.2 Å². The molecule has 2 aromatic rings. The van der Waals surface area contributed by atoms with E-state index in [4.69, 9.17) is 0 Å². The summed E-state index contributed by atoms with van der Waals surface area (Å²) in [5.41, 5.74) is 1.93. The van der Waals surface area contributed by atoms with E-state index >= 15 is 0 Å². The topological polar surface area (TPSA) is 67.2 Å². The lowest BCUT2D eigenvalue weighted by Gasteiger charge is -2.10. The van der Waals surface area contributed by atoms with E-state index < -0.39 is 4.92 Å². The Hall–Kier alpha value is -2.63. The Morgan fingerprint density at radius 2 is 1.81 bits per heavy atom. The monoisotopic (exact) mass is 289 g/mol. The Kier molecular flexibility index (Phi) is 4.71. The van der Waals surface area contributed by atoms with E-state index in [9.17, 15) is 14.5 Å². The third kappa shape index (κ3) is 3.68. The Morgan fingerprint density at radius 1 is 1.14 bits per heavy atom. The molecule has 0 aliphatic heterocycles. The van der Waals surface area contributed by atoms with Gasteiger partial charge in [-0.2, -0.15) is 0 Å². The molecule has 0 saturated heterocycles.